The van der Waals surface area contributed by atoms with Crippen LogP contribution in [0.25, 0.3) is 0 Å². The van der Waals surface area contributed by atoms with Crippen LogP contribution in [0.2, 0.25) is 0 Å². The van der Waals surface area contributed by atoms with Crippen LogP contribution in [0.5, 0.6) is 5.75 Å². The van der Waals surface area contributed by atoms with Gasteiger partial charge in [-0.1, -0.05) is 0 Å². The minimum Gasteiger partial charge on any atom is -0.497 e. The Morgan fingerprint density at radius 1 is 1.30 bits per heavy atom. The topological polar surface area (TPSA) is 75.6 Å². The average molecular weight is 291 g/mol. The maximum Gasteiger partial charge on any atom is 0.337 e. The van der Waals surface area contributed by atoms with Crippen molar-refractivity contribution in [2.75, 3.05) is 12.4 Å². The number of carboxylic acids is 1. The zero-order chi connectivity index (χ0) is 14.7. The number of carbonyl (C=O) groups excluding carboxylic acids is 1. The van der Waals surface area contributed by atoms with Crippen molar-refractivity contribution in [1.82, 2.24) is 0 Å². The van der Waals surface area contributed by atoms with Gasteiger partial charge in [-0.3, -0.25) is 4.79 Å². The summed E-state index contributed by atoms with van der Waals surface area (Å²) in [6.07, 6.45) is 0. The van der Waals surface area contributed by atoms with Crippen molar-refractivity contribution >= 4 is 28.9 Å². The summed E-state index contributed by atoms with van der Waals surface area (Å²) in [5.74, 6) is -1.01. The van der Waals surface area contributed by atoms with Crippen LogP contribution in [0, 0.1) is 6.92 Å². The largest absolute Gasteiger partial charge is 0.497 e. The molecule has 0 atom stereocenters. The number of nitrogens with one attached hydrogen (secondary N) is 1. The van der Waals surface area contributed by atoms with Gasteiger partial charge in [-0.25, -0.2) is 4.79 Å². The number of benzene rings is 1. The van der Waals surface area contributed by atoms with E-state index in [4.69, 9.17) is 4.74 Å². The zero-order valence-electron chi connectivity index (χ0n) is 11.0. The van der Waals surface area contributed by atoms with Gasteiger partial charge in [0.25, 0.3) is 5.91 Å². The molecule has 5 nitrogen and oxygen atoms in total. The van der Waals surface area contributed by atoms with Gasteiger partial charge in [0.05, 0.1) is 23.2 Å². The molecule has 0 unspecified atom stereocenters. The summed E-state index contributed by atoms with van der Waals surface area (Å²) >= 11 is 1.31. The van der Waals surface area contributed by atoms with E-state index in [-0.39, 0.29) is 17.2 Å². The molecule has 0 aliphatic rings. The standard InChI is InChI=1S/C14H13NO4S/c1-8-5-6-20-12(8)13(16)15-11-4-3-9(19-2)7-10(11)14(17)18/h3-7H,1-2H3,(H,15,16)(H,17,18). The molecule has 2 aromatic rings. The van der Waals surface area contributed by atoms with Crippen LogP contribution in [0.3, 0.4) is 0 Å². The first kappa shape index (κ1) is 14.1. The Morgan fingerprint density at radius 3 is 2.60 bits per heavy atom. The SMILES string of the molecule is COc1ccc(NC(=O)c2sccc2C)c(C(=O)O)c1. The van der Waals surface area contributed by atoms with E-state index in [1.54, 1.807) is 6.07 Å². The third-order valence-corrected chi connectivity index (χ3v) is 3.79. The number of ether oxygens (including phenoxy) is 1. The van der Waals surface area contributed by atoms with E-state index in [9.17, 15) is 14.7 Å². The summed E-state index contributed by atoms with van der Waals surface area (Å²) in [7, 11) is 1.45. The first-order chi connectivity index (χ1) is 9.52. The van der Waals surface area contributed by atoms with Crippen molar-refractivity contribution < 1.29 is 19.4 Å². The first-order valence-corrected chi connectivity index (χ1v) is 6.67. The van der Waals surface area contributed by atoms with Crippen molar-refractivity contribution in [2.45, 2.75) is 6.92 Å². The molecule has 0 aliphatic heterocycles. The molecule has 0 spiro atoms. The molecule has 2 N–H and O–H groups in total. The second-order valence-electron chi connectivity index (χ2n) is 4.10. The second kappa shape index (κ2) is 5.75. The van der Waals surface area contributed by atoms with E-state index in [0.29, 0.717) is 10.6 Å². The summed E-state index contributed by atoms with van der Waals surface area (Å²) in [6.45, 7) is 1.83. The van der Waals surface area contributed by atoms with Crippen molar-refractivity contribution in [3.05, 3.63) is 45.6 Å². The number of anilines is 1. The molecular weight excluding hydrogens is 278 g/mol. The molecule has 0 saturated heterocycles. The van der Waals surface area contributed by atoms with E-state index in [1.165, 1.54) is 30.6 Å². The molecule has 0 fully saturated rings. The van der Waals surface area contributed by atoms with Gasteiger partial charge in [-0.15, -0.1) is 11.3 Å². The molecule has 0 bridgehead atoms. The monoisotopic (exact) mass is 291 g/mol. The fourth-order valence-electron chi connectivity index (χ4n) is 1.72. The van der Waals surface area contributed by atoms with Gasteiger partial charge in [0, 0.05) is 0 Å². The number of amides is 1. The summed E-state index contributed by atoms with van der Waals surface area (Å²) in [5.41, 5.74) is 1.10. The van der Waals surface area contributed by atoms with Gasteiger partial charge in [-0.05, 0) is 42.1 Å². The van der Waals surface area contributed by atoms with Gasteiger partial charge in [0.1, 0.15) is 5.75 Å². The minimum atomic E-state index is -1.12. The molecule has 1 aromatic heterocycles. The Balaban J connectivity index is 2.32. The number of rotatable bonds is 4. The molecule has 104 valence electrons. The van der Waals surface area contributed by atoms with Gasteiger partial charge in [0.2, 0.25) is 0 Å². The van der Waals surface area contributed by atoms with Gasteiger partial charge >= 0.3 is 5.97 Å². The lowest BCUT2D eigenvalue weighted by Crippen LogP contribution is -2.14. The first-order valence-electron chi connectivity index (χ1n) is 5.79. The number of hydrogen-bond donors (Lipinski definition) is 2. The third kappa shape index (κ3) is 2.80. The van der Waals surface area contributed by atoms with Crippen LogP contribution in [0.15, 0.2) is 29.6 Å². The van der Waals surface area contributed by atoms with Gasteiger partial charge < -0.3 is 15.2 Å². The number of carboxylic acid groups (broad SMARTS) is 1. The molecule has 2 rings (SSSR count). The number of aryl methyl sites for hydroxylation is 1. The molecular formula is C14H13NO4S. The number of hydrogen-bond acceptors (Lipinski definition) is 4. The van der Waals surface area contributed by atoms with Crippen LogP contribution in [0.4, 0.5) is 5.69 Å². The number of aromatic carboxylic acids is 1. The van der Waals surface area contributed by atoms with Crippen LogP contribution < -0.4 is 10.1 Å². The van der Waals surface area contributed by atoms with E-state index in [2.05, 4.69) is 5.32 Å². The molecule has 0 saturated carbocycles. The summed E-state index contributed by atoms with van der Waals surface area (Å²) in [5, 5.41) is 13.6. The van der Waals surface area contributed by atoms with E-state index in [1.807, 2.05) is 18.4 Å². The van der Waals surface area contributed by atoms with Crippen molar-refractivity contribution in [2.24, 2.45) is 0 Å². The predicted octanol–water partition coefficient (Wildman–Crippen LogP) is 3.02. The quantitative estimate of drug-likeness (QED) is 0.908. The molecule has 6 heteroatoms. The van der Waals surface area contributed by atoms with Crippen molar-refractivity contribution in [1.29, 1.82) is 0 Å². The average Bonchev–Trinajstić information content (AvgIpc) is 2.85. The van der Waals surface area contributed by atoms with E-state index < -0.39 is 5.97 Å². The highest BCUT2D eigenvalue weighted by atomic mass is 32.1. The normalized spacial score (nSPS) is 10.1. The van der Waals surface area contributed by atoms with Crippen LogP contribution >= 0.6 is 11.3 Å². The number of thiophene rings is 1. The van der Waals surface area contributed by atoms with Gasteiger partial charge in [-0.2, -0.15) is 0 Å². The smallest absolute Gasteiger partial charge is 0.337 e. The molecule has 0 aliphatic carbocycles. The lowest BCUT2D eigenvalue weighted by atomic mass is 10.1. The molecule has 20 heavy (non-hydrogen) atoms. The Labute approximate surface area is 119 Å². The highest BCUT2D eigenvalue weighted by Crippen LogP contribution is 2.24. The predicted molar refractivity (Wildman–Crippen MR) is 77.0 cm³/mol. The molecule has 0 radical (unpaired) electrons. The minimum absolute atomic E-state index is 0.00749. The number of methoxy groups -OCH3 is 1. The zero-order valence-corrected chi connectivity index (χ0v) is 11.8. The third-order valence-electron chi connectivity index (χ3n) is 2.77. The summed E-state index contributed by atoms with van der Waals surface area (Å²) in [4.78, 5) is 23.9. The Kier molecular flexibility index (Phi) is 4.05. The van der Waals surface area contributed by atoms with Gasteiger partial charge in [0.15, 0.2) is 0 Å². The molecule has 1 heterocycles. The van der Waals surface area contributed by atoms with E-state index in [0.717, 1.165) is 5.56 Å². The van der Waals surface area contributed by atoms with Crippen molar-refractivity contribution in [3.63, 3.8) is 0 Å². The fraction of sp³-hybridized carbons (Fsp3) is 0.143. The lowest BCUT2D eigenvalue weighted by molar-refractivity contribution is 0.0697. The lowest BCUT2D eigenvalue weighted by Gasteiger charge is -2.09. The Morgan fingerprint density at radius 2 is 2.05 bits per heavy atom. The van der Waals surface area contributed by atoms with Crippen molar-refractivity contribution in [3.8, 4) is 5.75 Å². The van der Waals surface area contributed by atoms with Crippen LogP contribution in [0.1, 0.15) is 25.6 Å². The number of carbonyl (C=O) groups is 2. The highest BCUT2D eigenvalue weighted by molar-refractivity contribution is 7.12. The van der Waals surface area contributed by atoms with Crippen LogP contribution in [-0.4, -0.2) is 24.1 Å². The summed E-state index contributed by atoms with van der Waals surface area (Å²) in [6, 6.07) is 6.33. The second-order valence-corrected chi connectivity index (χ2v) is 5.02. The molecule has 1 amide bonds. The van der Waals surface area contributed by atoms with Crippen LogP contribution in [-0.2, 0) is 0 Å². The maximum absolute atomic E-state index is 12.1. The summed E-state index contributed by atoms with van der Waals surface area (Å²) < 4.78 is 4.98. The highest BCUT2D eigenvalue weighted by Gasteiger charge is 2.16. The Bertz CT molecular complexity index is 663. The van der Waals surface area contributed by atoms with E-state index >= 15 is 0 Å². The maximum atomic E-state index is 12.1. The Hall–Kier alpha value is -2.34. The molecule has 1 aromatic carbocycles. The fourth-order valence-corrected chi connectivity index (χ4v) is 2.54.